The van der Waals surface area contributed by atoms with E-state index in [1.165, 1.54) is 45.4 Å². The lowest BCUT2D eigenvalue weighted by Gasteiger charge is -2.61. The molecule has 4 aliphatic rings. The SMILES string of the molecule is CC(=O)OCC(=O)[C@]1(O)CC[C@H]2[C@@H]3CC[C@@H]4CCCC[C@]4(C)[C@H]3CC[C@@]21C. The van der Waals surface area contributed by atoms with Crippen molar-refractivity contribution in [1.82, 2.24) is 0 Å². The number of ketones is 1. The second kappa shape index (κ2) is 6.57. The monoisotopic (exact) mass is 376 g/mol. The molecule has 4 saturated carbocycles. The first-order chi connectivity index (χ1) is 12.7. The molecule has 27 heavy (non-hydrogen) atoms. The summed E-state index contributed by atoms with van der Waals surface area (Å²) in [6.45, 7) is 5.71. The van der Waals surface area contributed by atoms with Crippen LogP contribution in [0.25, 0.3) is 0 Å². The molecule has 0 aromatic heterocycles. The maximum atomic E-state index is 12.9. The summed E-state index contributed by atoms with van der Waals surface area (Å²) in [5.74, 6) is 1.93. The summed E-state index contributed by atoms with van der Waals surface area (Å²) in [7, 11) is 0. The van der Waals surface area contributed by atoms with E-state index in [0.717, 1.165) is 31.1 Å². The maximum Gasteiger partial charge on any atom is 0.303 e. The molecule has 152 valence electrons. The minimum absolute atomic E-state index is 0.290. The molecule has 0 aromatic rings. The van der Waals surface area contributed by atoms with Crippen molar-refractivity contribution in [3.63, 3.8) is 0 Å². The number of carbonyl (C=O) groups excluding carboxylic acids is 2. The van der Waals surface area contributed by atoms with Crippen LogP contribution in [0.4, 0.5) is 0 Å². The fourth-order valence-corrected chi connectivity index (χ4v) is 8.06. The normalized spacial score (nSPS) is 48.9. The molecule has 0 aromatic carbocycles. The fourth-order valence-electron chi connectivity index (χ4n) is 8.06. The summed E-state index contributed by atoms with van der Waals surface area (Å²) >= 11 is 0. The van der Waals surface area contributed by atoms with Gasteiger partial charge in [-0.1, -0.05) is 26.7 Å². The topological polar surface area (TPSA) is 63.6 Å². The Bertz CT molecular complexity index is 630. The standard InChI is InChI=1S/C23H36O4/c1-15(24)27-14-20(25)23(26)13-10-19-17-8-7-16-6-4-5-11-21(16,2)18(17)9-12-22(19,23)3/h16-19,26H,4-14H2,1-3H3/t16-,17+,18-,19-,21-,22-,23+/m0/s1. The van der Waals surface area contributed by atoms with Crippen LogP contribution < -0.4 is 0 Å². The zero-order valence-electron chi connectivity index (χ0n) is 17.3. The van der Waals surface area contributed by atoms with Crippen LogP contribution in [0.2, 0.25) is 0 Å². The molecule has 7 atom stereocenters. The third-order valence-electron chi connectivity index (χ3n) is 9.60. The Morgan fingerprint density at radius 3 is 2.44 bits per heavy atom. The van der Waals surface area contributed by atoms with Crippen LogP contribution in [0.3, 0.4) is 0 Å². The van der Waals surface area contributed by atoms with Crippen molar-refractivity contribution in [1.29, 1.82) is 0 Å². The third kappa shape index (κ3) is 2.73. The Morgan fingerprint density at radius 1 is 0.963 bits per heavy atom. The van der Waals surface area contributed by atoms with Gasteiger partial charge >= 0.3 is 5.97 Å². The Kier molecular flexibility index (Phi) is 4.73. The van der Waals surface area contributed by atoms with E-state index in [1.54, 1.807) is 0 Å². The van der Waals surface area contributed by atoms with Crippen LogP contribution in [0, 0.1) is 34.5 Å². The number of Topliss-reactive ketones (excluding diaryl/α,β-unsaturated/α-hetero) is 1. The predicted molar refractivity (Wildman–Crippen MR) is 103 cm³/mol. The number of rotatable bonds is 3. The number of hydrogen-bond donors (Lipinski definition) is 1. The van der Waals surface area contributed by atoms with E-state index in [9.17, 15) is 14.7 Å². The fraction of sp³-hybridized carbons (Fsp3) is 0.913. The van der Waals surface area contributed by atoms with E-state index in [-0.39, 0.29) is 17.8 Å². The Morgan fingerprint density at radius 2 is 1.70 bits per heavy atom. The molecule has 4 heteroatoms. The van der Waals surface area contributed by atoms with Crippen molar-refractivity contribution in [2.75, 3.05) is 6.61 Å². The average molecular weight is 377 g/mol. The van der Waals surface area contributed by atoms with Crippen LogP contribution in [0.1, 0.15) is 85.0 Å². The first kappa shape index (κ1) is 19.4. The molecular formula is C23H36O4. The lowest BCUT2D eigenvalue weighted by atomic mass is 9.44. The number of hydrogen-bond acceptors (Lipinski definition) is 4. The van der Waals surface area contributed by atoms with E-state index in [1.807, 2.05) is 0 Å². The largest absolute Gasteiger partial charge is 0.458 e. The molecule has 0 spiro atoms. The van der Waals surface area contributed by atoms with Crippen LogP contribution in [-0.4, -0.2) is 29.1 Å². The molecule has 4 nitrogen and oxygen atoms in total. The van der Waals surface area contributed by atoms with Gasteiger partial charge in [0.05, 0.1) is 0 Å². The predicted octanol–water partition coefficient (Wildman–Crippen LogP) is 4.28. The van der Waals surface area contributed by atoms with E-state index in [4.69, 9.17) is 4.74 Å². The number of ether oxygens (including phenoxy) is 1. The maximum absolute atomic E-state index is 12.9. The summed E-state index contributed by atoms with van der Waals surface area (Å²) < 4.78 is 4.95. The van der Waals surface area contributed by atoms with Gasteiger partial charge in [-0.25, -0.2) is 0 Å². The molecule has 0 amide bonds. The van der Waals surface area contributed by atoms with Gasteiger partial charge in [0.1, 0.15) is 5.60 Å². The summed E-state index contributed by atoms with van der Waals surface area (Å²) in [5, 5.41) is 11.5. The average Bonchev–Trinajstić information content (AvgIpc) is 2.91. The van der Waals surface area contributed by atoms with Crippen LogP contribution in [0.5, 0.6) is 0 Å². The second-order valence-corrected chi connectivity index (χ2v) is 10.5. The van der Waals surface area contributed by atoms with E-state index in [2.05, 4.69) is 13.8 Å². The minimum Gasteiger partial charge on any atom is -0.458 e. The zero-order chi connectivity index (χ0) is 19.4. The van der Waals surface area contributed by atoms with E-state index in [0.29, 0.717) is 23.7 Å². The van der Waals surface area contributed by atoms with Crippen LogP contribution in [0.15, 0.2) is 0 Å². The van der Waals surface area contributed by atoms with E-state index >= 15 is 0 Å². The van der Waals surface area contributed by atoms with Gasteiger partial charge in [-0.05, 0) is 80.5 Å². The molecule has 0 unspecified atom stereocenters. The Hall–Kier alpha value is -0.900. The number of esters is 1. The minimum atomic E-state index is -1.33. The highest BCUT2D eigenvalue weighted by Gasteiger charge is 2.66. The molecule has 4 fully saturated rings. The summed E-state index contributed by atoms with van der Waals surface area (Å²) in [5.41, 5.74) is -1.24. The molecule has 0 bridgehead atoms. The first-order valence-electron chi connectivity index (χ1n) is 11.1. The van der Waals surface area contributed by atoms with E-state index < -0.39 is 11.6 Å². The highest BCUT2D eigenvalue weighted by Crippen LogP contribution is 2.68. The van der Waals surface area contributed by atoms with Gasteiger partial charge in [0.15, 0.2) is 6.61 Å². The molecule has 0 radical (unpaired) electrons. The highest BCUT2D eigenvalue weighted by molar-refractivity contribution is 5.90. The molecule has 4 rings (SSSR count). The summed E-state index contributed by atoms with van der Waals surface area (Å²) in [4.78, 5) is 24.0. The van der Waals surface area contributed by atoms with Gasteiger partial charge in [-0.3, -0.25) is 9.59 Å². The Balaban J connectivity index is 1.58. The van der Waals surface area contributed by atoms with Gasteiger partial charge in [0.2, 0.25) is 5.78 Å². The van der Waals surface area contributed by atoms with Gasteiger partial charge < -0.3 is 9.84 Å². The van der Waals surface area contributed by atoms with Crippen molar-refractivity contribution in [3.05, 3.63) is 0 Å². The number of fused-ring (bicyclic) bond motifs is 5. The molecule has 1 N–H and O–H groups in total. The molecule has 0 heterocycles. The van der Waals surface area contributed by atoms with Crippen LogP contribution >= 0.6 is 0 Å². The van der Waals surface area contributed by atoms with Gasteiger partial charge in [-0.15, -0.1) is 0 Å². The quantitative estimate of drug-likeness (QED) is 0.747. The summed E-state index contributed by atoms with van der Waals surface area (Å²) in [6, 6.07) is 0. The summed E-state index contributed by atoms with van der Waals surface area (Å²) in [6.07, 6.45) is 11.6. The second-order valence-electron chi connectivity index (χ2n) is 10.5. The van der Waals surface area contributed by atoms with Crippen molar-refractivity contribution >= 4 is 11.8 Å². The smallest absolute Gasteiger partial charge is 0.303 e. The van der Waals surface area contributed by atoms with Crippen molar-refractivity contribution in [3.8, 4) is 0 Å². The van der Waals surface area contributed by atoms with Crippen molar-refractivity contribution < 1.29 is 19.4 Å². The van der Waals surface area contributed by atoms with Gasteiger partial charge in [-0.2, -0.15) is 0 Å². The zero-order valence-corrected chi connectivity index (χ0v) is 17.3. The molecule has 0 aliphatic heterocycles. The number of aliphatic hydroxyl groups is 1. The third-order valence-corrected chi connectivity index (χ3v) is 9.60. The Labute approximate surface area is 163 Å². The molecule has 4 aliphatic carbocycles. The molecular weight excluding hydrogens is 340 g/mol. The van der Waals surface area contributed by atoms with Gasteiger partial charge in [0.25, 0.3) is 0 Å². The first-order valence-corrected chi connectivity index (χ1v) is 11.1. The van der Waals surface area contributed by atoms with Crippen molar-refractivity contribution in [2.45, 2.75) is 90.6 Å². The van der Waals surface area contributed by atoms with Gasteiger partial charge in [0, 0.05) is 12.3 Å². The highest BCUT2D eigenvalue weighted by atomic mass is 16.5. The lowest BCUT2D eigenvalue weighted by molar-refractivity contribution is -0.174. The molecule has 0 saturated heterocycles. The van der Waals surface area contributed by atoms with Crippen LogP contribution in [-0.2, 0) is 14.3 Å². The van der Waals surface area contributed by atoms with Crippen molar-refractivity contribution in [2.24, 2.45) is 34.5 Å². The lowest BCUT2D eigenvalue weighted by Crippen LogP contribution is -2.59. The number of carbonyl (C=O) groups is 2.